The Kier molecular flexibility index (Phi) is 6.55. The van der Waals surface area contributed by atoms with Gasteiger partial charge in [0, 0.05) is 45.2 Å². The molecule has 0 aliphatic carbocycles. The molecule has 1 aliphatic heterocycles. The van der Waals surface area contributed by atoms with Crippen LogP contribution in [0, 0.1) is 0 Å². The summed E-state index contributed by atoms with van der Waals surface area (Å²) in [6.45, 7) is 5.86. The van der Waals surface area contributed by atoms with Gasteiger partial charge in [-0.1, -0.05) is 30.3 Å². The van der Waals surface area contributed by atoms with E-state index >= 15 is 0 Å². The van der Waals surface area contributed by atoms with Gasteiger partial charge in [-0.2, -0.15) is 0 Å². The molecule has 1 aliphatic rings. The molecule has 0 aromatic heterocycles. The monoisotopic (exact) mass is 318 g/mol. The Morgan fingerprint density at radius 3 is 2.43 bits per heavy atom. The maximum atomic E-state index is 12.1. The minimum atomic E-state index is -0.188. The Bertz CT molecular complexity index is 511. The van der Waals surface area contributed by atoms with Crippen LogP contribution in [0.25, 0.3) is 0 Å². The molecule has 1 saturated heterocycles. The van der Waals surface area contributed by atoms with Gasteiger partial charge >= 0.3 is 0 Å². The summed E-state index contributed by atoms with van der Waals surface area (Å²) in [5.74, 6) is -0.196. The average Bonchev–Trinajstić information content (AvgIpc) is 2.54. The van der Waals surface area contributed by atoms with Gasteiger partial charge in [0.05, 0.1) is 6.54 Å². The van der Waals surface area contributed by atoms with Crippen LogP contribution in [0.5, 0.6) is 0 Å². The molecule has 1 fully saturated rings. The van der Waals surface area contributed by atoms with E-state index in [4.69, 9.17) is 5.73 Å². The third-order valence-corrected chi connectivity index (χ3v) is 3.92. The van der Waals surface area contributed by atoms with Crippen molar-refractivity contribution in [2.75, 3.05) is 32.7 Å². The minimum Gasteiger partial charge on any atom is -0.347 e. The number of amides is 2. The summed E-state index contributed by atoms with van der Waals surface area (Å²) < 4.78 is 0. The number of benzene rings is 1. The van der Waals surface area contributed by atoms with Crippen molar-refractivity contribution in [3.05, 3.63) is 35.9 Å². The van der Waals surface area contributed by atoms with E-state index in [0.717, 1.165) is 19.6 Å². The summed E-state index contributed by atoms with van der Waals surface area (Å²) in [6.07, 6.45) is 0.248. The van der Waals surface area contributed by atoms with Crippen LogP contribution in [0.3, 0.4) is 0 Å². The van der Waals surface area contributed by atoms with Crippen LogP contribution in [0.15, 0.2) is 30.3 Å². The first-order valence-electron chi connectivity index (χ1n) is 8.11. The molecule has 126 valence electrons. The van der Waals surface area contributed by atoms with Crippen molar-refractivity contribution in [2.45, 2.75) is 25.9 Å². The van der Waals surface area contributed by atoms with E-state index in [0.29, 0.717) is 13.1 Å². The SMILES string of the molecule is CC(N)CC(=O)NCC(=O)N1CCN(Cc2ccccc2)CC1. The first-order chi connectivity index (χ1) is 11.0. The highest BCUT2D eigenvalue weighted by Gasteiger charge is 2.21. The molecule has 3 N–H and O–H groups in total. The first kappa shape index (κ1) is 17.4. The number of nitrogens with one attached hydrogen (secondary N) is 1. The van der Waals surface area contributed by atoms with Crippen LogP contribution >= 0.6 is 0 Å². The molecular formula is C17H26N4O2. The highest BCUT2D eigenvalue weighted by molar-refractivity contribution is 5.85. The smallest absolute Gasteiger partial charge is 0.242 e. The van der Waals surface area contributed by atoms with Crippen LogP contribution in [-0.4, -0.2) is 60.4 Å². The summed E-state index contributed by atoms with van der Waals surface area (Å²) in [7, 11) is 0. The first-order valence-corrected chi connectivity index (χ1v) is 8.11. The molecule has 1 atom stereocenters. The number of piperazine rings is 1. The zero-order chi connectivity index (χ0) is 16.7. The van der Waals surface area contributed by atoms with Crippen LogP contribution in [0.4, 0.5) is 0 Å². The second-order valence-corrected chi connectivity index (χ2v) is 6.10. The number of nitrogens with two attached hydrogens (primary N) is 1. The van der Waals surface area contributed by atoms with Gasteiger partial charge in [0.1, 0.15) is 0 Å². The van der Waals surface area contributed by atoms with Crippen molar-refractivity contribution in [1.29, 1.82) is 0 Å². The lowest BCUT2D eigenvalue weighted by Crippen LogP contribution is -2.51. The molecule has 1 unspecified atom stereocenters. The number of carbonyl (C=O) groups is 2. The van der Waals surface area contributed by atoms with Crippen LogP contribution in [-0.2, 0) is 16.1 Å². The van der Waals surface area contributed by atoms with Gasteiger partial charge in [-0.15, -0.1) is 0 Å². The quantitative estimate of drug-likeness (QED) is 0.784. The van der Waals surface area contributed by atoms with Crippen molar-refractivity contribution >= 4 is 11.8 Å². The molecule has 6 nitrogen and oxygen atoms in total. The third kappa shape index (κ3) is 6.00. The topological polar surface area (TPSA) is 78.7 Å². The lowest BCUT2D eigenvalue weighted by Gasteiger charge is -2.34. The molecule has 1 aromatic rings. The van der Waals surface area contributed by atoms with Crippen LogP contribution in [0.2, 0.25) is 0 Å². The lowest BCUT2D eigenvalue weighted by atomic mass is 10.2. The van der Waals surface area contributed by atoms with Gasteiger partial charge in [0.15, 0.2) is 0 Å². The van der Waals surface area contributed by atoms with Gasteiger partial charge in [-0.3, -0.25) is 14.5 Å². The summed E-state index contributed by atoms with van der Waals surface area (Å²) in [5.41, 5.74) is 6.85. The van der Waals surface area contributed by atoms with Crippen molar-refractivity contribution < 1.29 is 9.59 Å². The van der Waals surface area contributed by atoms with E-state index in [9.17, 15) is 9.59 Å². The molecule has 0 bridgehead atoms. The molecule has 6 heteroatoms. The van der Waals surface area contributed by atoms with E-state index in [1.54, 1.807) is 6.92 Å². The second-order valence-electron chi connectivity index (χ2n) is 6.10. The number of hydrogen-bond acceptors (Lipinski definition) is 4. The number of rotatable bonds is 6. The summed E-state index contributed by atoms with van der Waals surface area (Å²) in [6, 6.07) is 10.1. The number of carbonyl (C=O) groups excluding carboxylic acids is 2. The molecule has 1 aromatic carbocycles. The highest BCUT2D eigenvalue weighted by Crippen LogP contribution is 2.08. The third-order valence-electron chi connectivity index (χ3n) is 3.92. The number of nitrogens with zero attached hydrogens (tertiary/aromatic N) is 2. The maximum Gasteiger partial charge on any atom is 0.242 e. The fourth-order valence-electron chi connectivity index (χ4n) is 2.65. The van der Waals surface area contributed by atoms with Crippen molar-refractivity contribution in [1.82, 2.24) is 15.1 Å². The zero-order valence-electron chi connectivity index (χ0n) is 13.7. The van der Waals surface area contributed by atoms with Crippen molar-refractivity contribution in [3.8, 4) is 0 Å². The van der Waals surface area contributed by atoms with Gasteiger partial charge in [0.2, 0.25) is 11.8 Å². The Balaban J connectivity index is 1.69. The molecular weight excluding hydrogens is 292 g/mol. The fraction of sp³-hybridized carbons (Fsp3) is 0.529. The molecule has 2 rings (SSSR count). The molecule has 23 heavy (non-hydrogen) atoms. The minimum absolute atomic E-state index is 0.0256. The van der Waals surface area contributed by atoms with E-state index in [1.165, 1.54) is 5.56 Å². The molecule has 0 saturated carbocycles. The largest absolute Gasteiger partial charge is 0.347 e. The van der Waals surface area contributed by atoms with Gasteiger partial charge in [0.25, 0.3) is 0 Å². The lowest BCUT2D eigenvalue weighted by molar-refractivity contribution is -0.134. The van der Waals surface area contributed by atoms with Crippen LogP contribution < -0.4 is 11.1 Å². The molecule has 2 amide bonds. The molecule has 1 heterocycles. The predicted octanol–water partition coefficient (Wildman–Crippen LogP) is 0.184. The fourth-order valence-corrected chi connectivity index (χ4v) is 2.65. The maximum absolute atomic E-state index is 12.1. The van der Waals surface area contributed by atoms with Gasteiger partial charge in [-0.05, 0) is 12.5 Å². The van der Waals surface area contributed by atoms with E-state index in [1.807, 2.05) is 23.1 Å². The van der Waals surface area contributed by atoms with Crippen molar-refractivity contribution in [3.63, 3.8) is 0 Å². The molecule has 0 radical (unpaired) electrons. The highest BCUT2D eigenvalue weighted by atomic mass is 16.2. The Morgan fingerprint density at radius 2 is 1.83 bits per heavy atom. The molecule has 0 spiro atoms. The van der Waals surface area contributed by atoms with Crippen LogP contribution in [0.1, 0.15) is 18.9 Å². The van der Waals surface area contributed by atoms with E-state index in [2.05, 4.69) is 22.3 Å². The van der Waals surface area contributed by atoms with E-state index < -0.39 is 0 Å². The Morgan fingerprint density at radius 1 is 1.17 bits per heavy atom. The second kappa shape index (κ2) is 8.64. The average molecular weight is 318 g/mol. The zero-order valence-corrected chi connectivity index (χ0v) is 13.7. The predicted molar refractivity (Wildman–Crippen MR) is 89.6 cm³/mol. The Hall–Kier alpha value is -1.92. The van der Waals surface area contributed by atoms with E-state index in [-0.39, 0.29) is 30.8 Å². The Labute approximate surface area is 137 Å². The van der Waals surface area contributed by atoms with Gasteiger partial charge < -0.3 is 16.0 Å². The summed E-state index contributed by atoms with van der Waals surface area (Å²) in [5, 5.41) is 2.64. The summed E-state index contributed by atoms with van der Waals surface area (Å²) in [4.78, 5) is 27.8. The normalized spacial score (nSPS) is 16.9. The van der Waals surface area contributed by atoms with Gasteiger partial charge in [-0.25, -0.2) is 0 Å². The number of hydrogen-bond donors (Lipinski definition) is 2. The standard InChI is InChI=1S/C17H26N4O2/c1-14(18)11-16(22)19-12-17(23)21-9-7-20(8-10-21)13-15-5-3-2-4-6-15/h2-6,14H,7-13,18H2,1H3,(H,19,22). The summed E-state index contributed by atoms with van der Waals surface area (Å²) >= 11 is 0. The van der Waals surface area contributed by atoms with Crippen molar-refractivity contribution in [2.24, 2.45) is 5.73 Å².